The predicted octanol–water partition coefficient (Wildman–Crippen LogP) is 3.93. The van der Waals surface area contributed by atoms with Gasteiger partial charge in [0.2, 0.25) is 5.91 Å². The van der Waals surface area contributed by atoms with Crippen LogP contribution in [0.1, 0.15) is 16.7 Å². The zero-order chi connectivity index (χ0) is 26.9. The maximum absolute atomic E-state index is 13.6. The normalized spacial score (nSPS) is 17.2. The Morgan fingerprint density at radius 2 is 1.82 bits per heavy atom. The molecule has 2 atom stereocenters. The molecule has 3 aromatic carbocycles. The number of carbonyl (C=O) groups excluding carboxylic acids is 2. The average molecular weight is 579 g/mol. The Balaban J connectivity index is 1.57. The second-order valence-corrected chi connectivity index (χ2v) is 10.0. The molecule has 4 N–H and O–H groups in total. The molecule has 3 aromatic rings. The summed E-state index contributed by atoms with van der Waals surface area (Å²) in [6.45, 7) is 5.21. The number of aromatic hydroxyl groups is 1. The van der Waals surface area contributed by atoms with Crippen LogP contribution in [0.15, 0.2) is 96.0 Å². The minimum atomic E-state index is -0.569. The van der Waals surface area contributed by atoms with Crippen molar-refractivity contribution in [2.24, 2.45) is 0 Å². The molecule has 1 aliphatic rings. The van der Waals surface area contributed by atoms with Crippen LogP contribution in [0.3, 0.4) is 0 Å². The number of hydrogen-bond donors (Lipinski definition) is 4. The first-order valence-electron chi connectivity index (χ1n) is 12.5. The third kappa shape index (κ3) is 7.44. The molecule has 38 heavy (non-hydrogen) atoms. The van der Waals surface area contributed by atoms with E-state index in [9.17, 15) is 14.7 Å². The van der Waals surface area contributed by atoms with E-state index in [4.69, 9.17) is 0 Å². The van der Waals surface area contributed by atoms with Crippen molar-refractivity contribution in [1.29, 1.82) is 0 Å². The van der Waals surface area contributed by atoms with Gasteiger partial charge in [-0.2, -0.15) is 0 Å². The minimum absolute atomic E-state index is 0.0531. The molecule has 3 amide bonds. The van der Waals surface area contributed by atoms with E-state index < -0.39 is 12.2 Å². The van der Waals surface area contributed by atoms with Crippen LogP contribution in [0.25, 0.3) is 0 Å². The summed E-state index contributed by atoms with van der Waals surface area (Å²) in [5, 5.41) is 17.5. The standard InChI is InChI=1S/C29H32BrN5O3/c1-2-15-32-35(29(38)31-18-22-7-4-3-5-8-22)27-20-34(19-23-9-6-10-24(30)16-23)28(37)26(33-27)17-21-11-13-25(36)14-12-21/h2-14,16,26-27,32-33,36H,1,15,17-20H2,(H,31,38)/t26-,27-/m0/s1. The van der Waals surface area contributed by atoms with Gasteiger partial charge in [-0.3, -0.25) is 10.1 Å². The van der Waals surface area contributed by atoms with Crippen LogP contribution >= 0.6 is 15.9 Å². The van der Waals surface area contributed by atoms with Gasteiger partial charge in [-0.25, -0.2) is 15.2 Å². The fourth-order valence-electron chi connectivity index (χ4n) is 4.39. The first kappa shape index (κ1) is 27.4. The molecular weight excluding hydrogens is 546 g/mol. The number of carbonyl (C=O) groups is 2. The summed E-state index contributed by atoms with van der Waals surface area (Å²) in [7, 11) is 0. The third-order valence-corrected chi connectivity index (χ3v) is 6.75. The number of halogens is 1. The second-order valence-electron chi connectivity index (χ2n) is 9.12. The van der Waals surface area contributed by atoms with E-state index in [1.165, 1.54) is 5.01 Å². The van der Waals surface area contributed by atoms with E-state index in [1.807, 2.05) is 54.6 Å². The lowest BCUT2D eigenvalue weighted by Crippen LogP contribution is -2.69. The Morgan fingerprint density at radius 1 is 1.08 bits per heavy atom. The molecule has 1 saturated heterocycles. The topological polar surface area (TPSA) is 96.9 Å². The van der Waals surface area contributed by atoms with E-state index in [1.54, 1.807) is 35.2 Å². The van der Waals surface area contributed by atoms with E-state index in [2.05, 4.69) is 38.6 Å². The van der Waals surface area contributed by atoms with E-state index >= 15 is 0 Å². The Kier molecular flexibility index (Phi) is 9.53. The highest BCUT2D eigenvalue weighted by Gasteiger charge is 2.38. The van der Waals surface area contributed by atoms with Crippen LogP contribution in [0, 0.1) is 0 Å². The van der Waals surface area contributed by atoms with Gasteiger partial charge in [0.1, 0.15) is 11.9 Å². The van der Waals surface area contributed by atoms with Crippen molar-refractivity contribution in [3.05, 3.63) is 113 Å². The minimum Gasteiger partial charge on any atom is -0.508 e. The van der Waals surface area contributed by atoms with Crippen LogP contribution in [0.5, 0.6) is 5.75 Å². The second kappa shape index (κ2) is 13.2. The molecule has 0 aliphatic carbocycles. The molecular formula is C29H32BrN5O3. The number of amides is 3. The molecule has 8 nitrogen and oxygen atoms in total. The molecule has 4 rings (SSSR count). The van der Waals surface area contributed by atoms with Gasteiger partial charge in [0.25, 0.3) is 0 Å². The quantitative estimate of drug-likeness (QED) is 0.216. The van der Waals surface area contributed by atoms with Gasteiger partial charge >= 0.3 is 6.03 Å². The van der Waals surface area contributed by atoms with Crippen molar-refractivity contribution >= 4 is 27.9 Å². The molecule has 0 spiro atoms. The molecule has 0 aromatic heterocycles. The number of hydrazine groups is 1. The number of nitrogens with zero attached hydrogens (tertiary/aromatic N) is 2. The van der Waals surface area contributed by atoms with Gasteiger partial charge in [0, 0.05) is 24.1 Å². The molecule has 9 heteroatoms. The van der Waals surface area contributed by atoms with Gasteiger partial charge in [-0.1, -0.05) is 76.6 Å². The Bertz CT molecular complexity index is 1240. The Labute approximate surface area is 231 Å². The number of urea groups is 1. The van der Waals surface area contributed by atoms with E-state index in [0.29, 0.717) is 32.6 Å². The highest BCUT2D eigenvalue weighted by Crippen LogP contribution is 2.20. The summed E-state index contributed by atoms with van der Waals surface area (Å²) in [4.78, 5) is 28.7. The maximum Gasteiger partial charge on any atom is 0.333 e. The lowest BCUT2D eigenvalue weighted by molar-refractivity contribution is -0.140. The fraction of sp³-hybridized carbons (Fsp3) is 0.241. The predicted molar refractivity (Wildman–Crippen MR) is 151 cm³/mol. The van der Waals surface area contributed by atoms with Crippen LogP contribution in [0.2, 0.25) is 0 Å². The number of benzene rings is 3. The number of rotatable bonds is 10. The molecule has 0 unspecified atom stereocenters. The van der Waals surface area contributed by atoms with Crippen molar-refractivity contribution in [1.82, 2.24) is 26.0 Å². The number of nitrogens with one attached hydrogen (secondary N) is 3. The first-order chi connectivity index (χ1) is 18.4. The summed E-state index contributed by atoms with van der Waals surface area (Å²) >= 11 is 3.51. The average Bonchev–Trinajstić information content (AvgIpc) is 2.92. The van der Waals surface area contributed by atoms with Gasteiger partial charge in [0.05, 0.1) is 12.6 Å². The van der Waals surface area contributed by atoms with Crippen LogP contribution in [-0.4, -0.2) is 52.3 Å². The zero-order valence-corrected chi connectivity index (χ0v) is 22.6. The van der Waals surface area contributed by atoms with Gasteiger partial charge < -0.3 is 15.3 Å². The van der Waals surface area contributed by atoms with Crippen LogP contribution in [-0.2, 0) is 24.3 Å². The fourth-order valence-corrected chi connectivity index (χ4v) is 4.84. The maximum atomic E-state index is 13.6. The highest BCUT2D eigenvalue weighted by molar-refractivity contribution is 9.10. The van der Waals surface area contributed by atoms with Gasteiger partial charge in [0.15, 0.2) is 0 Å². The summed E-state index contributed by atoms with van der Waals surface area (Å²) in [5.41, 5.74) is 6.00. The molecule has 0 radical (unpaired) electrons. The van der Waals surface area contributed by atoms with Crippen LogP contribution in [0.4, 0.5) is 4.79 Å². The first-order valence-corrected chi connectivity index (χ1v) is 13.2. The number of phenols is 1. The smallest absolute Gasteiger partial charge is 0.333 e. The number of phenolic OH excluding ortho intramolecular Hbond substituents is 1. The monoisotopic (exact) mass is 577 g/mol. The lowest BCUT2D eigenvalue weighted by atomic mass is 10.0. The van der Waals surface area contributed by atoms with Crippen LogP contribution < -0.4 is 16.1 Å². The number of piperazine rings is 1. The van der Waals surface area contributed by atoms with Crippen molar-refractivity contribution in [3.63, 3.8) is 0 Å². The summed E-state index contributed by atoms with van der Waals surface area (Å²) < 4.78 is 0.935. The molecule has 198 valence electrons. The van der Waals surface area contributed by atoms with Crippen molar-refractivity contribution < 1.29 is 14.7 Å². The van der Waals surface area contributed by atoms with Gasteiger partial charge in [-0.15, -0.1) is 6.58 Å². The third-order valence-electron chi connectivity index (χ3n) is 6.26. The Hall–Kier alpha value is -3.66. The summed E-state index contributed by atoms with van der Waals surface area (Å²) in [6, 6.07) is 23.5. The molecule has 0 saturated carbocycles. The van der Waals surface area contributed by atoms with Gasteiger partial charge in [-0.05, 0) is 47.4 Å². The van der Waals surface area contributed by atoms with E-state index in [0.717, 1.165) is 21.2 Å². The summed E-state index contributed by atoms with van der Waals surface area (Å²) in [6.07, 6.45) is 1.59. The molecule has 1 heterocycles. The molecule has 1 fully saturated rings. The summed E-state index contributed by atoms with van der Waals surface area (Å²) in [5.74, 6) is 0.114. The van der Waals surface area contributed by atoms with E-state index in [-0.39, 0.29) is 17.7 Å². The lowest BCUT2D eigenvalue weighted by Gasteiger charge is -2.43. The number of hydrogen-bond acceptors (Lipinski definition) is 5. The largest absolute Gasteiger partial charge is 0.508 e. The molecule has 0 bridgehead atoms. The zero-order valence-electron chi connectivity index (χ0n) is 21.0. The van der Waals surface area contributed by atoms with Crippen molar-refractivity contribution in [2.45, 2.75) is 31.7 Å². The van der Waals surface area contributed by atoms with Crippen molar-refractivity contribution in [2.75, 3.05) is 13.1 Å². The molecule has 1 aliphatic heterocycles. The SMILES string of the molecule is C=CCNN(C(=O)NCc1ccccc1)[C@H]1CN(Cc2cccc(Br)c2)C(=O)[C@H](Cc2ccc(O)cc2)N1. The van der Waals surface area contributed by atoms with Crippen molar-refractivity contribution in [3.8, 4) is 5.75 Å². The Morgan fingerprint density at radius 3 is 2.53 bits per heavy atom. The highest BCUT2D eigenvalue weighted by atomic mass is 79.9.